The van der Waals surface area contributed by atoms with Crippen molar-refractivity contribution >= 4 is 33.4 Å². The second-order valence-corrected chi connectivity index (χ2v) is 7.56. The predicted octanol–water partition coefficient (Wildman–Crippen LogP) is 4.10. The Morgan fingerprint density at radius 1 is 1.42 bits per heavy atom. The molecular formula is C19H21BrClN3O2. The van der Waals surface area contributed by atoms with E-state index in [1.807, 2.05) is 30.3 Å². The van der Waals surface area contributed by atoms with Crippen molar-refractivity contribution in [3.63, 3.8) is 0 Å². The van der Waals surface area contributed by atoms with Crippen LogP contribution >= 0.6 is 27.5 Å². The fourth-order valence-corrected chi connectivity index (χ4v) is 3.64. The molecule has 1 aliphatic rings. The average Bonchev–Trinajstić information content (AvgIpc) is 3.06. The molecule has 7 heteroatoms. The second kappa shape index (κ2) is 8.37. The largest absolute Gasteiger partial charge is 0.481 e. The van der Waals surface area contributed by atoms with E-state index in [-0.39, 0.29) is 18.0 Å². The van der Waals surface area contributed by atoms with Crippen LogP contribution in [0.2, 0.25) is 5.02 Å². The Balaban J connectivity index is 1.78. The van der Waals surface area contributed by atoms with E-state index in [4.69, 9.17) is 16.3 Å². The van der Waals surface area contributed by atoms with E-state index in [9.17, 15) is 4.79 Å². The first-order valence-corrected chi connectivity index (χ1v) is 9.68. The highest BCUT2D eigenvalue weighted by atomic mass is 79.9. The van der Waals surface area contributed by atoms with Crippen molar-refractivity contribution in [3.8, 4) is 17.1 Å². The van der Waals surface area contributed by atoms with Crippen LogP contribution in [0.1, 0.15) is 31.4 Å². The molecular weight excluding hydrogens is 418 g/mol. The third-order valence-corrected chi connectivity index (χ3v) is 5.83. The summed E-state index contributed by atoms with van der Waals surface area (Å²) in [5.74, 6) is 0.688. The molecule has 138 valence electrons. The number of nitrogens with zero attached hydrogens (tertiary/aromatic N) is 1. The van der Waals surface area contributed by atoms with Gasteiger partial charge in [0.2, 0.25) is 11.8 Å². The summed E-state index contributed by atoms with van der Waals surface area (Å²) >= 11 is 9.83. The van der Waals surface area contributed by atoms with Crippen molar-refractivity contribution in [2.45, 2.75) is 31.8 Å². The van der Waals surface area contributed by atoms with Crippen molar-refractivity contribution in [1.29, 1.82) is 0 Å². The maximum atomic E-state index is 11.3. The van der Waals surface area contributed by atoms with Crippen molar-refractivity contribution < 1.29 is 9.53 Å². The molecule has 3 rings (SSSR count). The van der Waals surface area contributed by atoms with Gasteiger partial charge in [-0.1, -0.05) is 23.7 Å². The van der Waals surface area contributed by atoms with Crippen molar-refractivity contribution in [2.24, 2.45) is 0 Å². The van der Waals surface area contributed by atoms with Gasteiger partial charge in [-0.15, -0.1) is 0 Å². The van der Waals surface area contributed by atoms with Gasteiger partial charge in [-0.05, 0) is 47.5 Å². The van der Waals surface area contributed by atoms with Crippen molar-refractivity contribution in [3.05, 3.63) is 45.4 Å². The molecule has 2 heterocycles. The predicted molar refractivity (Wildman–Crippen MR) is 107 cm³/mol. The number of carbonyl (C=O) groups excluding carboxylic acids is 1. The molecule has 2 N–H and O–H groups in total. The minimum Gasteiger partial charge on any atom is -0.481 e. The highest BCUT2D eigenvalue weighted by molar-refractivity contribution is 9.10. The first-order valence-electron chi connectivity index (χ1n) is 8.51. The quantitative estimate of drug-likeness (QED) is 0.713. The zero-order valence-electron chi connectivity index (χ0n) is 14.7. The van der Waals surface area contributed by atoms with Crippen LogP contribution in [0.5, 0.6) is 5.88 Å². The molecule has 1 aromatic heterocycles. The van der Waals surface area contributed by atoms with E-state index in [1.165, 1.54) is 0 Å². The van der Waals surface area contributed by atoms with E-state index in [0.29, 0.717) is 17.3 Å². The highest BCUT2D eigenvalue weighted by Gasteiger charge is 2.22. The van der Waals surface area contributed by atoms with Crippen LogP contribution in [0.15, 0.2) is 34.8 Å². The molecule has 1 amide bonds. The van der Waals surface area contributed by atoms with Gasteiger partial charge < -0.3 is 15.4 Å². The maximum Gasteiger partial charge on any atom is 0.220 e. The number of hydrogen-bond acceptors (Lipinski definition) is 4. The second-order valence-electron chi connectivity index (χ2n) is 6.33. The molecule has 1 aromatic carbocycles. The molecule has 1 unspecified atom stereocenters. The van der Waals surface area contributed by atoms with Gasteiger partial charge in [0.05, 0.1) is 17.8 Å². The molecule has 5 nitrogen and oxygen atoms in total. The summed E-state index contributed by atoms with van der Waals surface area (Å²) in [6.45, 7) is 2.78. The molecule has 1 aliphatic heterocycles. The summed E-state index contributed by atoms with van der Waals surface area (Å²) in [4.78, 5) is 15.9. The molecule has 26 heavy (non-hydrogen) atoms. The summed E-state index contributed by atoms with van der Waals surface area (Å²) in [5, 5.41) is 7.03. The van der Waals surface area contributed by atoms with Crippen LogP contribution in [0.4, 0.5) is 0 Å². The van der Waals surface area contributed by atoms with E-state index in [2.05, 4.69) is 38.5 Å². The summed E-state index contributed by atoms with van der Waals surface area (Å²) in [6.07, 6.45) is 1.47. The standard InChI is InChI=1S/C19H21BrClN3O2/c1-11(22-10-12-6-9-17(25)23-12)13-7-8-16(24-19(13)26-2)14-4-3-5-15(20)18(14)21/h3-5,7-8,11-12,22H,6,9-10H2,1-2H3,(H,23,25)/t11-,12?/m1/s1. The van der Waals surface area contributed by atoms with Gasteiger partial charge in [-0.25, -0.2) is 4.98 Å². The summed E-state index contributed by atoms with van der Waals surface area (Å²) in [6, 6.07) is 9.92. The lowest BCUT2D eigenvalue weighted by molar-refractivity contribution is -0.119. The van der Waals surface area contributed by atoms with Crippen LogP contribution in [0, 0.1) is 0 Å². The van der Waals surface area contributed by atoms with E-state index < -0.39 is 0 Å². The number of amides is 1. The zero-order valence-corrected chi connectivity index (χ0v) is 17.0. The van der Waals surface area contributed by atoms with Crippen LogP contribution in [0.3, 0.4) is 0 Å². The number of hydrogen-bond donors (Lipinski definition) is 2. The van der Waals surface area contributed by atoms with Gasteiger partial charge in [0.1, 0.15) is 0 Å². The number of ether oxygens (including phenoxy) is 1. The highest BCUT2D eigenvalue weighted by Crippen LogP contribution is 2.35. The Bertz CT molecular complexity index is 815. The minimum absolute atomic E-state index is 0.0435. The number of carbonyl (C=O) groups is 1. The lowest BCUT2D eigenvalue weighted by atomic mass is 10.1. The molecule has 1 saturated heterocycles. The normalized spacial score (nSPS) is 17.8. The first-order chi connectivity index (χ1) is 12.5. The molecule has 2 atom stereocenters. The van der Waals surface area contributed by atoms with Crippen LogP contribution in [0.25, 0.3) is 11.3 Å². The van der Waals surface area contributed by atoms with E-state index in [1.54, 1.807) is 7.11 Å². The third-order valence-electron chi connectivity index (χ3n) is 4.53. The number of nitrogens with one attached hydrogen (secondary N) is 2. The number of aromatic nitrogens is 1. The molecule has 0 bridgehead atoms. The molecule has 2 aromatic rings. The molecule has 1 fully saturated rings. The minimum atomic E-state index is 0.0435. The SMILES string of the molecule is COc1nc(-c2cccc(Br)c2Cl)ccc1[C@@H](C)NCC1CCC(=O)N1. The van der Waals surface area contributed by atoms with Gasteiger partial charge in [0, 0.05) is 40.6 Å². The Hall–Kier alpha value is -1.63. The number of benzene rings is 1. The van der Waals surface area contributed by atoms with Crippen molar-refractivity contribution in [1.82, 2.24) is 15.6 Å². The van der Waals surface area contributed by atoms with Gasteiger partial charge in [-0.2, -0.15) is 0 Å². The number of methoxy groups -OCH3 is 1. The fourth-order valence-electron chi connectivity index (χ4n) is 3.06. The maximum absolute atomic E-state index is 11.3. The van der Waals surface area contributed by atoms with Crippen LogP contribution in [-0.2, 0) is 4.79 Å². The molecule has 0 spiro atoms. The third kappa shape index (κ3) is 4.19. The van der Waals surface area contributed by atoms with Gasteiger partial charge in [0.25, 0.3) is 0 Å². The van der Waals surface area contributed by atoms with E-state index in [0.717, 1.165) is 34.3 Å². The topological polar surface area (TPSA) is 63.2 Å². The van der Waals surface area contributed by atoms with E-state index >= 15 is 0 Å². The number of halogens is 2. The lowest BCUT2D eigenvalue weighted by Crippen LogP contribution is -2.36. The summed E-state index contributed by atoms with van der Waals surface area (Å²) in [5.41, 5.74) is 2.57. The summed E-state index contributed by atoms with van der Waals surface area (Å²) < 4.78 is 6.34. The monoisotopic (exact) mass is 437 g/mol. The molecule has 0 radical (unpaired) electrons. The smallest absolute Gasteiger partial charge is 0.220 e. The lowest BCUT2D eigenvalue weighted by Gasteiger charge is -2.20. The molecule has 0 aliphatic carbocycles. The van der Waals surface area contributed by atoms with Crippen LogP contribution < -0.4 is 15.4 Å². The average molecular weight is 439 g/mol. The van der Waals surface area contributed by atoms with Gasteiger partial charge >= 0.3 is 0 Å². The summed E-state index contributed by atoms with van der Waals surface area (Å²) in [7, 11) is 1.61. The number of pyridine rings is 1. The van der Waals surface area contributed by atoms with Crippen molar-refractivity contribution in [2.75, 3.05) is 13.7 Å². The Morgan fingerprint density at radius 2 is 2.23 bits per heavy atom. The Morgan fingerprint density at radius 3 is 2.92 bits per heavy atom. The first kappa shape index (κ1) is 19.1. The Kier molecular flexibility index (Phi) is 6.16. The van der Waals surface area contributed by atoms with Gasteiger partial charge in [-0.3, -0.25) is 4.79 Å². The number of rotatable bonds is 6. The zero-order chi connectivity index (χ0) is 18.7. The van der Waals surface area contributed by atoms with Gasteiger partial charge in [0.15, 0.2) is 0 Å². The fraction of sp³-hybridized carbons (Fsp3) is 0.368. The molecule has 0 saturated carbocycles. The van der Waals surface area contributed by atoms with Crippen LogP contribution in [-0.4, -0.2) is 30.6 Å². The Labute approximate surface area is 166 Å².